The predicted octanol–water partition coefficient (Wildman–Crippen LogP) is 2.88. The van der Waals surface area contributed by atoms with Crippen LogP contribution in [0, 0.1) is 0 Å². The Morgan fingerprint density at radius 1 is 0.520 bits per heavy atom. The third kappa shape index (κ3) is 5.51. The number of carbonyl (C=O) groups is 2. The van der Waals surface area contributed by atoms with Crippen molar-refractivity contribution in [3.63, 3.8) is 0 Å². The normalized spacial score (nSPS) is 14.2. The monoisotopic (exact) mass is 408 g/mol. The lowest BCUT2D eigenvalue weighted by Crippen LogP contribution is -2.61. The highest BCUT2D eigenvalue weighted by atomic mass is 19.4. The van der Waals surface area contributed by atoms with Crippen molar-refractivity contribution in [3.05, 3.63) is 0 Å². The molecule has 18 heteroatoms. The summed E-state index contributed by atoms with van der Waals surface area (Å²) in [6.07, 6.45) is -12.0. The van der Waals surface area contributed by atoms with Gasteiger partial charge in [-0.15, -0.1) is 26.3 Å². The van der Waals surface area contributed by atoms with Gasteiger partial charge in [-0.2, -0.15) is 26.3 Å². The van der Waals surface area contributed by atoms with E-state index in [4.69, 9.17) is 0 Å². The molecule has 0 aromatic heterocycles. The van der Waals surface area contributed by atoms with Gasteiger partial charge in [0.1, 0.15) is 0 Å². The SMILES string of the molecule is O=C(OOC(F)(F)F)C(F)(F)C(F)(F)C(F)(F)C(=O)OOC(F)(F)F. The average molecular weight is 408 g/mol. The molecule has 0 spiro atoms. The van der Waals surface area contributed by atoms with Gasteiger partial charge in [0.15, 0.2) is 0 Å². The van der Waals surface area contributed by atoms with Gasteiger partial charge in [-0.05, 0) is 0 Å². The van der Waals surface area contributed by atoms with Gasteiger partial charge >= 0.3 is 42.4 Å². The zero-order valence-corrected chi connectivity index (χ0v) is 10.5. The van der Waals surface area contributed by atoms with E-state index < -0.39 is 42.4 Å². The highest BCUT2D eigenvalue weighted by Gasteiger charge is 2.80. The first-order chi connectivity index (χ1) is 10.8. The summed E-state index contributed by atoms with van der Waals surface area (Å²) in [5, 5.41) is 0. The molecule has 0 saturated carbocycles. The van der Waals surface area contributed by atoms with Gasteiger partial charge in [-0.25, -0.2) is 9.59 Å². The number of halogens is 12. The molecular weight excluding hydrogens is 408 g/mol. The Hall–Kier alpha value is -1.98. The molecule has 0 radical (unpaired) electrons. The van der Waals surface area contributed by atoms with Gasteiger partial charge in [0.05, 0.1) is 0 Å². The van der Waals surface area contributed by atoms with E-state index in [0.29, 0.717) is 0 Å². The third-order valence-corrected chi connectivity index (χ3v) is 1.73. The second kappa shape index (κ2) is 6.73. The Morgan fingerprint density at radius 2 is 0.760 bits per heavy atom. The molecule has 0 unspecified atom stereocenters. The first-order valence-electron chi connectivity index (χ1n) is 4.83. The minimum Gasteiger partial charge on any atom is -0.283 e. The molecule has 0 aromatic rings. The Morgan fingerprint density at radius 3 is 0.960 bits per heavy atom. The van der Waals surface area contributed by atoms with Crippen molar-refractivity contribution < 1.29 is 81.8 Å². The Labute approximate surface area is 126 Å². The van der Waals surface area contributed by atoms with E-state index in [0.717, 1.165) is 0 Å². The van der Waals surface area contributed by atoms with Crippen LogP contribution in [-0.4, -0.2) is 42.4 Å². The molecule has 0 atom stereocenters. The lowest BCUT2D eigenvalue weighted by atomic mass is 10.1. The molecule has 0 aliphatic heterocycles. The second-order valence-corrected chi connectivity index (χ2v) is 3.52. The number of carbonyl (C=O) groups excluding carboxylic acids is 2. The summed E-state index contributed by atoms with van der Waals surface area (Å²) in [6, 6.07) is 0. The minimum atomic E-state index is -7.22. The van der Waals surface area contributed by atoms with E-state index in [2.05, 4.69) is 9.78 Å². The molecule has 0 heterocycles. The van der Waals surface area contributed by atoms with Crippen LogP contribution < -0.4 is 0 Å². The first-order valence-corrected chi connectivity index (χ1v) is 4.83. The predicted molar refractivity (Wildman–Crippen MR) is 41.3 cm³/mol. The van der Waals surface area contributed by atoms with Crippen LogP contribution in [0.2, 0.25) is 0 Å². The maximum Gasteiger partial charge on any atom is 0.558 e. The summed E-state index contributed by atoms with van der Waals surface area (Å²) >= 11 is 0. The molecule has 0 aliphatic carbocycles. The smallest absolute Gasteiger partial charge is 0.283 e. The topological polar surface area (TPSA) is 71.1 Å². The minimum absolute atomic E-state index is 1.94. The Kier molecular flexibility index (Phi) is 6.20. The third-order valence-electron chi connectivity index (χ3n) is 1.73. The molecule has 6 nitrogen and oxygen atoms in total. The van der Waals surface area contributed by atoms with Gasteiger partial charge < -0.3 is 0 Å². The number of hydrogen-bond acceptors (Lipinski definition) is 6. The fourth-order valence-electron chi connectivity index (χ4n) is 0.728. The van der Waals surface area contributed by atoms with Crippen molar-refractivity contribution in [1.29, 1.82) is 0 Å². The van der Waals surface area contributed by atoms with Crippen molar-refractivity contribution in [2.45, 2.75) is 30.5 Å². The summed E-state index contributed by atoms with van der Waals surface area (Å²) in [4.78, 5) is 28.9. The highest BCUT2D eigenvalue weighted by molar-refractivity contribution is 5.84. The van der Waals surface area contributed by atoms with E-state index >= 15 is 0 Å². The molecule has 0 fully saturated rings. The molecule has 148 valence electrons. The largest absolute Gasteiger partial charge is 0.558 e. The van der Waals surface area contributed by atoms with Crippen LogP contribution in [0.3, 0.4) is 0 Å². The first kappa shape index (κ1) is 23.0. The molecule has 0 aliphatic rings. The summed E-state index contributed by atoms with van der Waals surface area (Å²) < 4.78 is 146. The van der Waals surface area contributed by atoms with E-state index in [1.807, 2.05) is 9.78 Å². The van der Waals surface area contributed by atoms with Crippen LogP contribution in [0.4, 0.5) is 52.7 Å². The van der Waals surface area contributed by atoms with Crippen molar-refractivity contribution in [1.82, 2.24) is 0 Å². The number of alkyl halides is 12. The zero-order chi connectivity index (χ0) is 20.5. The zero-order valence-electron chi connectivity index (χ0n) is 10.5. The van der Waals surface area contributed by atoms with Crippen LogP contribution in [0.5, 0.6) is 0 Å². The van der Waals surface area contributed by atoms with E-state index in [1.165, 1.54) is 0 Å². The van der Waals surface area contributed by atoms with E-state index in [9.17, 15) is 62.3 Å². The molecule has 0 bridgehead atoms. The van der Waals surface area contributed by atoms with Gasteiger partial charge in [0.2, 0.25) is 0 Å². The standard InChI is InChI=1S/C7F12O6/c8-3(9,1(20)22-24-6(14,15)16)5(12,13)4(10,11)2(21)23-25-7(17,18)19. The lowest BCUT2D eigenvalue weighted by molar-refractivity contribution is -0.473. The van der Waals surface area contributed by atoms with Crippen molar-refractivity contribution in [2.75, 3.05) is 0 Å². The average Bonchev–Trinajstić information content (AvgIpc) is 2.39. The number of hydrogen-bond donors (Lipinski definition) is 0. The van der Waals surface area contributed by atoms with Crippen molar-refractivity contribution in [2.24, 2.45) is 0 Å². The fourth-order valence-corrected chi connectivity index (χ4v) is 0.728. The van der Waals surface area contributed by atoms with Gasteiger partial charge in [-0.1, -0.05) is 9.78 Å². The van der Waals surface area contributed by atoms with Gasteiger partial charge in [0.25, 0.3) is 0 Å². The van der Waals surface area contributed by atoms with Gasteiger partial charge in [-0.3, -0.25) is 9.78 Å². The fraction of sp³-hybridized carbons (Fsp3) is 0.714. The lowest BCUT2D eigenvalue weighted by Gasteiger charge is -2.28. The number of rotatable bonds is 6. The Bertz CT molecular complexity index is 463. The maximum absolute atomic E-state index is 12.9. The van der Waals surface area contributed by atoms with Crippen molar-refractivity contribution in [3.8, 4) is 0 Å². The van der Waals surface area contributed by atoms with Crippen LogP contribution >= 0.6 is 0 Å². The van der Waals surface area contributed by atoms with Gasteiger partial charge in [0, 0.05) is 0 Å². The van der Waals surface area contributed by atoms with E-state index in [-0.39, 0.29) is 0 Å². The summed E-state index contributed by atoms with van der Waals surface area (Å²) in [6.45, 7) is 0. The van der Waals surface area contributed by atoms with Crippen LogP contribution in [0.1, 0.15) is 0 Å². The maximum atomic E-state index is 12.9. The van der Waals surface area contributed by atoms with Crippen molar-refractivity contribution >= 4 is 11.9 Å². The quantitative estimate of drug-likeness (QED) is 0.383. The summed E-state index contributed by atoms with van der Waals surface area (Å²) in [5.74, 6) is -29.1. The Balaban J connectivity index is 5.39. The molecule has 0 amide bonds. The van der Waals surface area contributed by atoms with Crippen LogP contribution in [0.25, 0.3) is 0 Å². The molecule has 0 aromatic carbocycles. The molecule has 0 rings (SSSR count). The van der Waals surface area contributed by atoms with Crippen LogP contribution in [-0.2, 0) is 29.1 Å². The van der Waals surface area contributed by atoms with Crippen LogP contribution in [0.15, 0.2) is 0 Å². The highest BCUT2D eigenvalue weighted by Crippen LogP contribution is 2.47. The summed E-state index contributed by atoms with van der Waals surface area (Å²) in [5.41, 5.74) is 0. The molecule has 0 saturated heterocycles. The molecule has 0 N–H and O–H groups in total. The molecular formula is C7F12O6. The molecule has 25 heavy (non-hydrogen) atoms. The second-order valence-electron chi connectivity index (χ2n) is 3.52. The summed E-state index contributed by atoms with van der Waals surface area (Å²) in [7, 11) is 0. The van der Waals surface area contributed by atoms with E-state index in [1.54, 1.807) is 0 Å².